The van der Waals surface area contributed by atoms with Gasteiger partial charge in [0.1, 0.15) is 7.05 Å². The Bertz CT molecular complexity index is 597. The molecular weight excluding hydrogens is 545 g/mol. The lowest BCUT2D eigenvalue weighted by Crippen LogP contribution is -3.00. The number of pyridine rings is 1. The van der Waals surface area contributed by atoms with Crippen LogP contribution in [-0.4, -0.2) is 12.4 Å². The average molecular weight is 602 g/mol. The van der Waals surface area contributed by atoms with Crippen LogP contribution in [0.5, 0.6) is 0 Å². The lowest BCUT2D eigenvalue weighted by molar-refractivity contribution is -0.672. The largest absolute Gasteiger partial charge is 1.00 e. The summed E-state index contributed by atoms with van der Waals surface area (Å²) in [5.74, 6) is 0. The second kappa shape index (κ2) is 23.0. The van der Waals surface area contributed by atoms with Gasteiger partial charge in [0.05, 0.1) is 12.7 Å². The van der Waals surface area contributed by atoms with Crippen LogP contribution in [0.2, 0.25) is 0 Å². The highest BCUT2D eigenvalue weighted by Crippen LogP contribution is 2.25. The third-order valence-electron chi connectivity index (χ3n) is 7.39. The van der Waals surface area contributed by atoms with Crippen LogP contribution in [0, 0.1) is 0 Å². The number of rotatable bonds is 22. The molecule has 204 valence electrons. The van der Waals surface area contributed by atoms with Crippen molar-refractivity contribution in [1.29, 1.82) is 0 Å². The van der Waals surface area contributed by atoms with Crippen LogP contribution in [0.4, 0.5) is 0 Å². The zero-order valence-corrected chi connectivity index (χ0v) is 25.3. The van der Waals surface area contributed by atoms with E-state index in [-0.39, 0.29) is 30.3 Å². The standard InChI is InChI=1S/C31H56NO2.HI/c1-3-4-5-6-7-8-9-10-11-12-13-14-15-16-17-18-19-20-23-30-24-25-31(34-30)33-28-29-22-21-26-32(2)27-29;/h21-22,26-27,30-31H,3-20,23-25,28H2,1-2H3;1H/q+1;/p-1. The van der Waals surface area contributed by atoms with E-state index in [0.29, 0.717) is 12.7 Å². The van der Waals surface area contributed by atoms with E-state index < -0.39 is 0 Å². The van der Waals surface area contributed by atoms with Crippen molar-refractivity contribution in [2.75, 3.05) is 0 Å². The molecule has 0 radical (unpaired) electrons. The summed E-state index contributed by atoms with van der Waals surface area (Å²) in [7, 11) is 2.05. The normalized spacial score (nSPS) is 17.5. The van der Waals surface area contributed by atoms with E-state index >= 15 is 0 Å². The van der Waals surface area contributed by atoms with E-state index in [4.69, 9.17) is 9.47 Å². The Balaban J connectivity index is 0.00000612. The highest BCUT2D eigenvalue weighted by atomic mass is 127. The van der Waals surface area contributed by atoms with Crippen molar-refractivity contribution in [2.45, 2.75) is 161 Å². The summed E-state index contributed by atoms with van der Waals surface area (Å²) in [6.07, 6.45) is 33.8. The number of halogens is 1. The molecule has 1 saturated heterocycles. The molecule has 4 heteroatoms. The first kappa shape index (κ1) is 32.8. The van der Waals surface area contributed by atoms with Gasteiger partial charge in [-0.15, -0.1) is 0 Å². The van der Waals surface area contributed by atoms with Gasteiger partial charge in [0.15, 0.2) is 18.7 Å². The predicted molar refractivity (Wildman–Crippen MR) is 144 cm³/mol. The SMILES string of the molecule is CCCCCCCCCCCCCCCCCCCCC1CCC(OCc2ccc[n+](C)c2)O1.[I-]. The average Bonchev–Trinajstić information content (AvgIpc) is 3.30. The van der Waals surface area contributed by atoms with Gasteiger partial charge in [-0.25, -0.2) is 4.57 Å². The fourth-order valence-electron chi connectivity index (χ4n) is 5.21. The molecule has 0 aliphatic carbocycles. The molecule has 2 heterocycles. The van der Waals surface area contributed by atoms with Crippen LogP contribution in [0.25, 0.3) is 0 Å². The van der Waals surface area contributed by atoms with Crippen molar-refractivity contribution in [3.63, 3.8) is 0 Å². The van der Waals surface area contributed by atoms with E-state index in [1.165, 1.54) is 128 Å². The molecule has 0 aromatic carbocycles. The van der Waals surface area contributed by atoms with Gasteiger partial charge in [0, 0.05) is 18.1 Å². The molecule has 0 bridgehead atoms. The van der Waals surface area contributed by atoms with Crippen LogP contribution in [0.3, 0.4) is 0 Å². The van der Waals surface area contributed by atoms with Gasteiger partial charge in [-0.05, 0) is 18.9 Å². The van der Waals surface area contributed by atoms with E-state index in [1.54, 1.807) is 0 Å². The summed E-state index contributed by atoms with van der Waals surface area (Å²) < 4.78 is 14.2. The second-order valence-electron chi connectivity index (χ2n) is 10.8. The smallest absolute Gasteiger partial charge is 0.174 e. The predicted octanol–water partition coefficient (Wildman–Crippen LogP) is 5.97. The third kappa shape index (κ3) is 17.8. The molecule has 35 heavy (non-hydrogen) atoms. The molecule has 0 N–H and O–H groups in total. The van der Waals surface area contributed by atoms with Crippen molar-refractivity contribution in [1.82, 2.24) is 0 Å². The first-order valence-electron chi connectivity index (χ1n) is 15.0. The molecule has 1 aliphatic heterocycles. The minimum absolute atomic E-state index is 0. The molecule has 2 unspecified atom stereocenters. The summed E-state index contributed by atoms with van der Waals surface area (Å²) in [6, 6.07) is 4.18. The molecule has 1 aromatic rings. The number of aryl methyl sites for hydroxylation is 1. The lowest BCUT2D eigenvalue weighted by Gasteiger charge is -2.14. The van der Waals surface area contributed by atoms with Crippen LogP contribution in [0.1, 0.15) is 147 Å². The maximum Gasteiger partial charge on any atom is 0.174 e. The number of aromatic nitrogens is 1. The van der Waals surface area contributed by atoms with E-state index in [1.807, 2.05) is 13.2 Å². The van der Waals surface area contributed by atoms with Crippen molar-refractivity contribution in [3.8, 4) is 0 Å². The Hall–Kier alpha value is -0.200. The van der Waals surface area contributed by atoms with Crippen LogP contribution in [-0.2, 0) is 23.1 Å². The summed E-state index contributed by atoms with van der Waals surface area (Å²) in [4.78, 5) is 0. The van der Waals surface area contributed by atoms with Gasteiger partial charge in [-0.1, -0.05) is 122 Å². The Morgan fingerprint density at radius 1 is 0.771 bits per heavy atom. The second-order valence-corrected chi connectivity index (χ2v) is 10.8. The number of hydrogen-bond donors (Lipinski definition) is 0. The van der Waals surface area contributed by atoms with Crippen molar-refractivity contribution in [2.24, 2.45) is 7.05 Å². The van der Waals surface area contributed by atoms with Gasteiger partial charge >= 0.3 is 0 Å². The molecule has 2 rings (SSSR count). The molecule has 1 aromatic heterocycles. The summed E-state index contributed by atoms with van der Waals surface area (Å²) in [5, 5.41) is 0. The van der Waals surface area contributed by atoms with Crippen molar-refractivity contribution < 1.29 is 38.0 Å². The maximum absolute atomic E-state index is 6.12. The Kier molecular flexibility index (Phi) is 21.5. The van der Waals surface area contributed by atoms with Gasteiger partial charge < -0.3 is 33.5 Å². The summed E-state index contributed by atoms with van der Waals surface area (Å²) in [5.41, 5.74) is 1.21. The van der Waals surface area contributed by atoms with Crippen molar-refractivity contribution >= 4 is 0 Å². The highest BCUT2D eigenvalue weighted by Gasteiger charge is 2.25. The fraction of sp³-hybridized carbons (Fsp3) is 0.839. The molecule has 0 spiro atoms. The first-order chi connectivity index (χ1) is 16.8. The maximum atomic E-state index is 6.12. The number of nitrogens with zero attached hydrogens (tertiary/aromatic N) is 1. The van der Waals surface area contributed by atoms with Gasteiger partial charge in [0.25, 0.3) is 0 Å². The minimum Gasteiger partial charge on any atom is -1.00 e. The van der Waals surface area contributed by atoms with Crippen LogP contribution in [0.15, 0.2) is 24.5 Å². The zero-order valence-electron chi connectivity index (χ0n) is 23.2. The van der Waals surface area contributed by atoms with Crippen LogP contribution >= 0.6 is 0 Å². The van der Waals surface area contributed by atoms with Gasteiger partial charge in [0.2, 0.25) is 0 Å². The van der Waals surface area contributed by atoms with Gasteiger partial charge in [-0.2, -0.15) is 0 Å². The summed E-state index contributed by atoms with van der Waals surface area (Å²) in [6.45, 7) is 2.94. The molecule has 2 atom stereocenters. The van der Waals surface area contributed by atoms with E-state index in [2.05, 4.69) is 29.8 Å². The molecule has 0 amide bonds. The fourth-order valence-corrected chi connectivity index (χ4v) is 5.21. The first-order valence-corrected chi connectivity index (χ1v) is 15.0. The van der Waals surface area contributed by atoms with Gasteiger partial charge in [-0.3, -0.25) is 0 Å². The lowest BCUT2D eigenvalue weighted by atomic mass is 10.0. The molecule has 3 nitrogen and oxygen atoms in total. The zero-order chi connectivity index (χ0) is 24.1. The van der Waals surface area contributed by atoms with E-state index in [9.17, 15) is 0 Å². The summed E-state index contributed by atoms with van der Waals surface area (Å²) >= 11 is 0. The minimum atomic E-state index is -0.00828. The number of unbranched alkanes of at least 4 members (excludes halogenated alkanes) is 17. The quantitative estimate of drug-likeness (QED) is 0.0929. The Labute approximate surface area is 235 Å². The molecule has 1 fully saturated rings. The Morgan fingerprint density at radius 3 is 1.80 bits per heavy atom. The highest BCUT2D eigenvalue weighted by molar-refractivity contribution is 5.03. The molecular formula is C31H56INO2. The number of ether oxygens (including phenoxy) is 2. The Morgan fingerprint density at radius 2 is 1.29 bits per heavy atom. The van der Waals surface area contributed by atoms with E-state index in [0.717, 1.165) is 12.8 Å². The molecule has 1 aliphatic rings. The van der Waals surface area contributed by atoms with Crippen molar-refractivity contribution in [3.05, 3.63) is 30.1 Å². The third-order valence-corrected chi connectivity index (χ3v) is 7.39. The van der Waals surface area contributed by atoms with Crippen LogP contribution < -0.4 is 28.5 Å². The topological polar surface area (TPSA) is 22.3 Å². The monoisotopic (exact) mass is 601 g/mol. The number of hydrogen-bond acceptors (Lipinski definition) is 2. The molecule has 0 saturated carbocycles.